The molecule has 0 unspecified atom stereocenters. The molecule has 0 aromatic carbocycles. The van der Waals surface area contributed by atoms with Gasteiger partial charge in [0.15, 0.2) is 0 Å². The van der Waals surface area contributed by atoms with E-state index in [0.717, 1.165) is 25.7 Å². The second-order valence-electron chi connectivity index (χ2n) is 4.37. The maximum atomic E-state index is 11.5. The molecule has 2 rings (SSSR count). The molecular formula is C10H17N3O2. The van der Waals surface area contributed by atoms with E-state index in [-0.39, 0.29) is 24.0 Å². The quantitative estimate of drug-likeness (QED) is 0.650. The molecule has 1 aliphatic carbocycles. The van der Waals surface area contributed by atoms with Gasteiger partial charge in [0.2, 0.25) is 5.91 Å². The van der Waals surface area contributed by atoms with Crippen LogP contribution < -0.4 is 11.1 Å². The predicted octanol–water partition coefficient (Wildman–Crippen LogP) is 0.198. The van der Waals surface area contributed by atoms with Crippen molar-refractivity contribution in [3.63, 3.8) is 0 Å². The molecule has 1 saturated carbocycles. The summed E-state index contributed by atoms with van der Waals surface area (Å²) in [4.78, 5) is 24.3. The fraction of sp³-hybridized carbons (Fsp3) is 0.800. The van der Waals surface area contributed by atoms with Gasteiger partial charge in [-0.3, -0.25) is 10.1 Å². The van der Waals surface area contributed by atoms with E-state index in [0.29, 0.717) is 13.0 Å². The van der Waals surface area contributed by atoms with Crippen molar-refractivity contribution in [2.24, 2.45) is 5.73 Å². The zero-order valence-electron chi connectivity index (χ0n) is 8.74. The number of nitrogens with two attached hydrogens (primary N) is 1. The van der Waals surface area contributed by atoms with Crippen molar-refractivity contribution in [1.82, 2.24) is 10.2 Å². The summed E-state index contributed by atoms with van der Waals surface area (Å²) in [5.41, 5.74) is 5.81. The lowest BCUT2D eigenvalue weighted by molar-refractivity contribution is -0.121. The molecular weight excluding hydrogens is 194 g/mol. The van der Waals surface area contributed by atoms with Gasteiger partial charge in [-0.25, -0.2) is 4.79 Å². The van der Waals surface area contributed by atoms with Gasteiger partial charge in [0.1, 0.15) is 0 Å². The summed E-state index contributed by atoms with van der Waals surface area (Å²) in [5, 5.41) is 2.35. The fourth-order valence-electron chi connectivity index (χ4n) is 2.34. The Labute approximate surface area is 89.0 Å². The Hall–Kier alpha value is -1.10. The van der Waals surface area contributed by atoms with Crippen LogP contribution in [-0.2, 0) is 4.79 Å². The Morgan fingerprint density at radius 2 is 1.87 bits per heavy atom. The van der Waals surface area contributed by atoms with Crippen LogP contribution in [0, 0.1) is 0 Å². The Morgan fingerprint density at radius 3 is 2.47 bits per heavy atom. The first kappa shape index (κ1) is 10.4. The number of hydrogen-bond acceptors (Lipinski definition) is 3. The van der Waals surface area contributed by atoms with E-state index >= 15 is 0 Å². The molecule has 5 nitrogen and oxygen atoms in total. The van der Waals surface area contributed by atoms with Crippen LogP contribution in [0.2, 0.25) is 0 Å². The van der Waals surface area contributed by atoms with E-state index in [1.54, 1.807) is 4.90 Å². The third-order valence-electron chi connectivity index (χ3n) is 3.27. The summed E-state index contributed by atoms with van der Waals surface area (Å²) in [6.07, 6.45) is 4.30. The van der Waals surface area contributed by atoms with Crippen molar-refractivity contribution in [2.75, 3.05) is 6.54 Å². The van der Waals surface area contributed by atoms with Crippen molar-refractivity contribution in [2.45, 2.75) is 44.2 Å². The Bertz CT molecular complexity index is 272. The summed E-state index contributed by atoms with van der Waals surface area (Å²) >= 11 is 0. The summed E-state index contributed by atoms with van der Waals surface area (Å²) in [7, 11) is 0. The molecule has 1 saturated heterocycles. The van der Waals surface area contributed by atoms with Crippen LogP contribution in [0.5, 0.6) is 0 Å². The first-order valence-corrected chi connectivity index (χ1v) is 5.53. The molecule has 15 heavy (non-hydrogen) atoms. The molecule has 3 amide bonds. The molecule has 0 aromatic rings. The van der Waals surface area contributed by atoms with Crippen LogP contribution in [0.4, 0.5) is 4.79 Å². The van der Waals surface area contributed by atoms with Gasteiger partial charge < -0.3 is 10.6 Å². The maximum Gasteiger partial charge on any atom is 0.324 e. The number of carbonyl (C=O) groups excluding carboxylic acids is 2. The van der Waals surface area contributed by atoms with E-state index < -0.39 is 0 Å². The van der Waals surface area contributed by atoms with Gasteiger partial charge in [0.05, 0.1) is 0 Å². The molecule has 0 radical (unpaired) electrons. The predicted molar refractivity (Wildman–Crippen MR) is 55.1 cm³/mol. The first-order valence-electron chi connectivity index (χ1n) is 5.53. The van der Waals surface area contributed by atoms with Crippen molar-refractivity contribution in [3.8, 4) is 0 Å². The zero-order chi connectivity index (χ0) is 10.8. The standard InChI is InChI=1S/C10H17N3O2/c11-7-1-3-8(4-2-7)13-6-5-9(14)12-10(13)15/h7-8H,1-6,11H2,(H,12,14,15). The molecule has 5 heteroatoms. The molecule has 1 heterocycles. The third-order valence-corrected chi connectivity index (χ3v) is 3.27. The molecule has 0 atom stereocenters. The van der Waals surface area contributed by atoms with Crippen LogP contribution in [0.15, 0.2) is 0 Å². The highest BCUT2D eigenvalue weighted by atomic mass is 16.2. The van der Waals surface area contributed by atoms with Crippen LogP contribution in [0.25, 0.3) is 0 Å². The van der Waals surface area contributed by atoms with Gasteiger partial charge in [-0.2, -0.15) is 0 Å². The monoisotopic (exact) mass is 211 g/mol. The van der Waals surface area contributed by atoms with E-state index in [9.17, 15) is 9.59 Å². The minimum atomic E-state index is -0.230. The van der Waals surface area contributed by atoms with Crippen molar-refractivity contribution < 1.29 is 9.59 Å². The van der Waals surface area contributed by atoms with Gasteiger partial charge in [0.25, 0.3) is 0 Å². The lowest BCUT2D eigenvalue weighted by Gasteiger charge is -2.37. The molecule has 2 fully saturated rings. The van der Waals surface area contributed by atoms with Gasteiger partial charge in [0, 0.05) is 25.0 Å². The number of hydrogen-bond donors (Lipinski definition) is 2. The number of amides is 3. The van der Waals surface area contributed by atoms with E-state index in [4.69, 9.17) is 5.73 Å². The average Bonchev–Trinajstić information content (AvgIpc) is 2.20. The second-order valence-corrected chi connectivity index (χ2v) is 4.37. The normalized spacial score (nSPS) is 32.7. The van der Waals surface area contributed by atoms with Crippen LogP contribution >= 0.6 is 0 Å². The lowest BCUT2D eigenvalue weighted by Crippen LogP contribution is -2.54. The van der Waals surface area contributed by atoms with Gasteiger partial charge in [-0.05, 0) is 25.7 Å². The minimum absolute atomic E-state index is 0.163. The number of carbonyl (C=O) groups is 2. The first-order chi connectivity index (χ1) is 7.16. The summed E-state index contributed by atoms with van der Waals surface area (Å²) in [6, 6.07) is 0.334. The zero-order valence-corrected chi connectivity index (χ0v) is 8.74. The third kappa shape index (κ3) is 2.28. The van der Waals surface area contributed by atoms with Crippen LogP contribution in [-0.4, -0.2) is 35.5 Å². The van der Waals surface area contributed by atoms with E-state index in [1.807, 2.05) is 0 Å². The maximum absolute atomic E-state index is 11.5. The topological polar surface area (TPSA) is 75.4 Å². The summed E-state index contributed by atoms with van der Waals surface area (Å²) < 4.78 is 0. The lowest BCUT2D eigenvalue weighted by atomic mass is 9.90. The van der Waals surface area contributed by atoms with E-state index in [2.05, 4.69) is 5.32 Å². The molecule has 2 aliphatic rings. The number of rotatable bonds is 1. The van der Waals surface area contributed by atoms with Crippen molar-refractivity contribution in [1.29, 1.82) is 0 Å². The van der Waals surface area contributed by atoms with Crippen LogP contribution in [0.3, 0.4) is 0 Å². The highest BCUT2D eigenvalue weighted by Gasteiger charge is 2.31. The van der Waals surface area contributed by atoms with E-state index in [1.165, 1.54) is 0 Å². The average molecular weight is 211 g/mol. The number of imide groups is 1. The largest absolute Gasteiger partial charge is 0.328 e. The molecule has 84 valence electrons. The minimum Gasteiger partial charge on any atom is -0.328 e. The highest BCUT2D eigenvalue weighted by molar-refractivity contribution is 5.96. The molecule has 0 aromatic heterocycles. The molecule has 3 N–H and O–H groups in total. The molecule has 0 bridgehead atoms. The highest BCUT2D eigenvalue weighted by Crippen LogP contribution is 2.23. The molecule has 0 spiro atoms. The van der Waals surface area contributed by atoms with Gasteiger partial charge >= 0.3 is 6.03 Å². The van der Waals surface area contributed by atoms with Crippen molar-refractivity contribution >= 4 is 11.9 Å². The number of nitrogens with zero attached hydrogens (tertiary/aromatic N) is 1. The number of urea groups is 1. The molecule has 1 aliphatic heterocycles. The summed E-state index contributed by atoms with van der Waals surface area (Å²) in [5.74, 6) is -0.163. The van der Waals surface area contributed by atoms with Gasteiger partial charge in [-0.15, -0.1) is 0 Å². The Kier molecular flexibility index (Phi) is 2.90. The number of nitrogens with one attached hydrogen (secondary N) is 1. The van der Waals surface area contributed by atoms with Crippen molar-refractivity contribution in [3.05, 3.63) is 0 Å². The SMILES string of the molecule is NC1CCC(N2CCC(=O)NC2=O)CC1. The smallest absolute Gasteiger partial charge is 0.324 e. The van der Waals surface area contributed by atoms with Gasteiger partial charge in [-0.1, -0.05) is 0 Å². The fourth-order valence-corrected chi connectivity index (χ4v) is 2.34. The van der Waals surface area contributed by atoms with Crippen LogP contribution in [0.1, 0.15) is 32.1 Å². The Morgan fingerprint density at radius 1 is 1.20 bits per heavy atom. The second kappa shape index (κ2) is 4.18. The summed E-state index contributed by atoms with van der Waals surface area (Å²) in [6.45, 7) is 0.560. The Balaban J connectivity index is 1.93.